The topological polar surface area (TPSA) is 119 Å². The molecule has 1 saturated heterocycles. The second-order valence-electron chi connectivity index (χ2n) is 6.10. The molecule has 3 heterocycles. The normalized spacial score (nSPS) is 16.2. The lowest BCUT2D eigenvalue weighted by Gasteiger charge is -2.30. The second-order valence-corrected chi connectivity index (χ2v) is 8.92. The summed E-state index contributed by atoms with van der Waals surface area (Å²) in [4.78, 5) is 24.1. The van der Waals surface area contributed by atoms with Crippen molar-refractivity contribution in [1.29, 1.82) is 0 Å². The fourth-order valence-corrected chi connectivity index (χ4v) is 5.67. The Morgan fingerprint density at radius 3 is 2.67 bits per heavy atom. The first kappa shape index (κ1) is 19.5. The van der Waals surface area contributed by atoms with E-state index in [2.05, 4.69) is 15.2 Å². The minimum Gasteiger partial charge on any atom is -0.465 e. The zero-order valence-corrected chi connectivity index (χ0v) is 16.4. The van der Waals surface area contributed by atoms with E-state index in [0.717, 1.165) is 11.3 Å². The van der Waals surface area contributed by atoms with Crippen LogP contribution < -0.4 is 5.32 Å². The highest BCUT2D eigenvalue weighted by Crippen LogP contribution is 2.29. The van der Waals surface area contributed by atoms with Gasteiger partial charge in [-0.15, -0.1) is 11.3 Å². The summed E-state index contributed by atoms with van der Waals surface area (Å²) < 4.78 is 36.6. The van der Waals surface area contributed by atoms with Gasteiger partial charge >= 0.3 is 5.97 Å². The highest BCUT2D eigenvalue weighted by molar-refractivity contribution is 7.89. The number of carbonyl (C=O) groups is 2. The molecule has 1 aliphatic heterocycles. The number of nitrogens with one attached hydrogen (secondary N) is 1. The van der Waals surface area contributed by atoms with Crippen molar-refractivity contribution in [3.05, 3.63) is 28.2 Å². The van der Waals surface area contributed by atoms with Crippen molar-refractivity contribution in [3.63, 3.8) is 0 Å². The average molecular weight is 413 g/mol. The summed E-state index contributed by atoms with van der Waals surface area (Å²) in [6, 6.07) is 3.01. The summed E-state index contributed by atoms with van der Waals surface area (Å²) in [5.41, 5.74) is 0. The highest BCUT2D eigenvalue weighted by Gasteiger charge is 2.35. The van der Waals surface area contributed by atoms with E-state index < -0.39 is 16.0 Å². The number of piperidine rings is 1. The Hall–Kier alpha value is -2.24. The molecule has 0 bridgehead atoms. The van der Waals surface area contributed by atoms with Gasteiger partial charge in [0.2, 0.25) is 15.9 Å². The van der Waals surface area contributed by atoms with Crippen LogP contribution in [-0.4, -0.2) is 50.0 Å². The van der Waals surface area contributed by atoms with E-state index in [1.807, 2.05) is 0 Å². The van der Waals surface area contributed by atoms with Gasteiger partial charge in [0.25, 0.3) is 0 Å². The molecule has 1 fully saturated rings. The van der Waals surface area contributed by atoms with Gasteiger partial charge in [-0.2, -0.15) is 4.31 Å². The van der Waals surface area contributed by atoms with Crippen LogP contribution in [0.3, 0.4) is 0 Å². The Bertz CT molecular complexity index is 941. The van der Waals surface area contributed by atoms with Crippen LogP contribution >= 0.6 is 11.3 Å². The van der Waals surface area contributed by atoms with Crippen LogP contribution in [0.25, 0.3) is 0 Å². The highest BCUT2D eigenvalue weighted by atomic mass is 32.2. The molecule has 27 heavy (non-hydrogen) atoms. The summed E-state index contributed by atoms with van der Waals surface area (Å²) in [5.74, 6) is -0.292. The molecule has 3 rings (SSSR count). The van der Waals surface area contributed by atoms with Crippen molar-refractivity contribution in [3.8, 4) is 0 Å². The first-order valence-electron chi connectivity index (χ1n) is 8.23. The molecule has 11 heteroatoms. The Morgan fingerprint density at radius 2 is 2.07 bits per heavy atom. The van der Waals surface area contributed by atoms with Crippen molar-refractivity contribution in [1.82, 2.24) is 9.46 Å². The molecular weight excluding hydrogens is 394 g/mol. The molecule has 9 nitrogen and oxygen atoms in total. The van der Waals surface area contributed by atoms with Crippen LogP contribution in [0.5, 0.6) is 0 Å². The first-order chi connectivity index (χ1) is 12.8. The van der Waals surface area contributed by atoms with E-state index in [9.17, 15) is 18.0 Å². The van der Waals surface area contributed by atoms with Gasteiger partial charge in [-0.3, -0.25) is 4.79 Å². The Labute approximate surface area is 160 Å². The molecule has 146 valence electrons. The van der Waals surface area contributed by atoms with E-state index >= 15 is 0 Å². The zero-order chi connectivity index (χ0) is 19.6. The number of rotatable bonds is 5. The Morgan fingerprint density at radius 1 is 1.37 bits per heavy atom. The third kappa shape index (κ3) is 4.04. The number of anilines is 1. The molecule has 1 aliphatic rings. The molecule has 0 radical (unpaired) electrons. The Balaban J connectivity index is 1.65. The van der Waals surface area contributed by atoms with Gasteiger partial charge in [0.05, 0.1) is 7.11 Å². The lowest BCUT2D eigenvalue weighted by molar-refractivity contribution is -0.120. The van der Waals surface area contributed by atoms with E-state index in [1.54, 1.807) is 18.4 Å². The fraction of sp³-hybridized carbons (Fsp3) is 0.438. The predicted octanol–water partition coefficient (Wildman–Crippen LogP) is 1.87. The molecule has 0 atom stereocenters. The molecule has 2 aromatic heterocycles. The maximum Gasteiger partial charge on any atom is 0.349 e. The van der Waals surface area contributed by atoms with Gasteiger partial charge in [-0.1, -0.05) is 5.16 Å². The molecule has 0 unspecified atom stereocenters. The number of sulfonamides is 1. The number of aryl methyl sites for hydroxylation is 1. The largest absolute Gasteiger partial charge is 0.465 e. The van der Waals surface area contributed by atoms with Gasteiger partial charge in [0.15, 0.2) is 5.82 Å². The van der Waals surface area contributed by atoms with E-state index in [0.29, 0.717) is 24.4 Å². The number of hydrogen-bond donors (Lipinski definition) is 1. The quantitative estimate of drug-likeness (QED) is 0.743. The molecule has 1 amide bonds. The van der Waals surface area contributed by atoms with Crippen LogP contribution in [0.2, 0.25) is 0 Å². The monoisotopic (exact) mass is 413 g/mol. The molecular formula is C16H19N3O6S2. The summed E-state index contributed by atoms with van der Waals surface area (Å²) >= 11 is 1.02. The van der Waals surface area contributed by atoms with Gasteiger partial charge in [0.1, 0.15) is 15.5 Å². The molecule has 2 aromatic rings. The maximum atomic E-state index is 12.9. The molecule has 0 aromatic carbocycles. The summed E-state index contributed by atoms with van der Waals surface area (Å²) in [6.07, 6.45) is 0.749. The third-order valence-corrected chi connectivity index (χ3v) is 7.29. The number of methoxy groups -OCH3 is 1. The van der Waals surface area contributed by atoms with Crippen molar-refractivity contribution in [2.75, 3.05) is 25.5 Å². The Kier molecular flexibility index (Phi) is 5.63. The standard InChI is InChI=1S/C16H19N3O6S2/c1-10-9-13(18-25-10)17-15(20)11-3-6-19(7-4-11)27(22,23)12-5-8-26-14(12)16(21)24-2/h5,8-9,11H,3-4,6-7H2,1-2H3,(H,17,18,20). The summed E-state index contributed by atoms with van der Waals surface area (Å²) in [5, 5.41) is 7.93. The van der Waals surface area contributed by atoms with Gasteiger partial charge in [-0.05, 0) is 31.2 Å². The van der Waals surface area contributed by atoms with Gasteiger partial charge < -0.3 is 14.6 Å². The van der Waals surface area contributed by atoms with Crippen LogP contribution in [0, 0.1) is 12.8 Å². The smallest absolute Gasteiger partial charge is 0.349 e. The van der Waals surface area contributed by atoms with Crippen molar-refractivity contribution >= 4 is 39.1 Å². The van der Waals surface area contributed by atoms with E-state index in [-0.39, 0.29) is 34.7 Å². The van der Waals surface area contributed by atoms with Crippen molar-refractivity contribution in [2.24, 2.45) is 5.92 Å². The molecule has 1 N–H and O–H groups in total. The number of carbonyl (C=O) groups excluding carboxylic acids is 2. The van der Waals surface area contributed by atoms with Gasteiger partial charge in [-0.25, -0.2) is 13.2 Å². The number of hydrogen-bond acceptors (Lipinski definition) is 8. The van der Waals surface area contributed by atoms with E-state index in [1.165, 1.54) is 17.5 Å². The van der Waals surface area contributed by atoms with Gasteiger partial charge in [0, 0.05) is 25.1 Å². The number of aromatic nitrogens is 1. The van der Waals surface area contributed by atoms with Crippen molar-refractivity contribution < 1.29 is 27.3 Å². The summed E-state index contributed by atoms with van der Waals surface area (Å²) in [6.45, 7) is 2.10. The number of ether oxygens (including phenoxy) is 1. The molecule has 0 saturated carbocycles. The number of nitrogens with zero attached hydrogens (tertiary/aromatic N) is 2. The lowest BCUT2D eigenvalue weighted by atomic mass is 9.97. The van der Waals surface area contributed by atoms with Crippen LogP contribution in [0.1, 0.15) is 28.3 Å². The number of thiophene rings is 1. The summed E-state index contributed by atoms with van der Waals surface area (Å²) in [7, 11) is -2.62. The minimum absolute atomic E-state index is 0.0544. The van der Waals surface area contributed by atoms with E-state index in [4.69, 9.17) is 4.52 Å². The first-order valence-corrected chi connectivity index (χ1v) is 10.5. The van der Waals surface area contributed by atoms with Crippen LogP contribution in [0.15, 0.2) is 26.9 Å². The SMILES string of the molecule is COC(=O)c1sccc1S(=O)(=O)N1CCC(C(=O)Nc2cc(C)on2)CC1. The number of esters is 1. The lowest BCUT2D eigenvalue weighted by Crippen LogP contribution is -2.41. The minimum atomic E-state index is -3.83. The predicted molar refractivity (Wildman–Crippen MR) is 97.0 cm³/mol. The average Bonchev–Trinajstić information content (AvgIpc) is 3.30. The van der Waals surface area contributed by atoms with Crippen LogP contribution in [-0.2, 0) is 19.6 Å². The molecule has 0 spiro atoms. The third-order valence-electron chi connectivity index (χ3n) is 4.32. The fourth-order valence-electron chi connectivity index (χ4n) is 2.89. The number of amides is 1. The maximum absolute atomic E-state index is 12.9. The van der Waals surface area contributed by atoms with Crippen LogP contribution in [0.4, 0.5) is 5.82 Å². The zero-order valence-electron chi connectivity index (χ0n) is 14.8. The van der Waals surface area contributed by atoms with Crippen molar-refractivity contribution in [2.45, 2.75) is 24.7 Å². The molecule has 0 aliphatic carbocycles. The second kappa shape index (κ2) is 7.79.